The lowest BCUT2D eigenvalue weighted by Gasteiger charge is -2.24. The summed E-state index contributed by atoms with van der Waals surface area (Å²) in [6.45, 7) is 4.09. The van der Waals surface area contributed by atoms with Gasteiger partial charge in [-0.2, -0.15) is 5.10 Å². The van der Waals surface area contributed by atoms with Crippen LogP contribution in [0.15, 0.2) is 5.10 Å². The van der Waals surface area contributed by atoms with Crippen LogP contribution in [0.3, 0.4) is 0 Å². The van der Waals surface area contributed by atoms with Gasteiger partial charge in [0.1, 0.15) is 4.87 Å². The predicted octanol–water partition coefficient (Wildman–Crippen LogP) is 1.34. The summed E-state index contributed by atoms with van der Waals surface area (Å²) in [5.41, 5.74) is 1.16. The second-order valence-corrected chi connectivity index (χ2v) is 3.72. The average molecular weight is 144 g/mol. The Balaban J connectivity index is 2.71. The molecule has 0 radical (unpaired) electrons. The normalized spacial score (nSPS) is 35.1. The molecule has 0 saturated carbocycles. The van der Waals surface area contributed by atoms with Gasteiger partial charge in [0.2, 0.25) is 0 Å². The molecule has 0 aliphatic carbocycles. The molecule has 1 rings (SSSR count). The Kier molecular flexibility index (Phi) is 1.47. The highest BCUT2D eigenvalue weighted by Crippen LogP contribution is 2.28. The summed E-state index contributed by atoms with van der Waals surface area (Å²) in [5.74, 6) is 0. The summed E-state index contributed by atoms with van der Waals surface area (Å²) < 4.78 is 0. The van der Waals surface area contributed by atoms with E-state index in [1.165, 1.54) is 0 Å². The van der Waals surface area contributed by atoms with Crippen LogP contribution in [-0.4, -0.2) is 22.6 Å². The molecule has 1 aliphatic rings. The Bertz CT molecular complexity index is 151. The zero-order chi connectivity index (χ0) is 7.07. The molecule has 1 heterocycles. The van der Waals surface area contributed by atoms with E-state index >= 15 is 0 Å². The molecule has 0 aromatic rings. The van der Waals surface area contributed by atoms with Gasteiger partial charge >= 0.3 is 0 Å². The van der Waals surface area contributed by atoms with Crippen LogP contribution in [0.5, 0.6) is 0 Å². The maximum absolute atomic E-state index is 4.41. The molecule has 52 valence electrons. The quantitative estimate of drug-likeness (QED) is 0.507. The second-order valence-electron chi connectivity index (χ2n) is 2.75. The van der Waals surface area contributed by atoms with Crippen molar-refractivity contribution in [1.29, 1.82) is 0 Å². The molecule has 1 unspecified atom stereocenters. The number of nitrogens with zero attached hydrogens (tertiary/aromatic N) is 2. The van der Waals surface area contributed by atoms with E-state index in [4.69, 9.17) is 0 Å². The van der Waals surface area contributed by atoms with Gasteiger partial charge < -0.3 is 0 Å². The van der Waals surface area contributed by atoms with Crippen molar-refractivity contribution in [3.8, 4) is 0 Å². The Morgan fingerprint density at radius 2 is 2.33 bits per heavy atom. The summed E-state index contributed by atoms with van der Waals surface area (Å²) in [6.07, 6.45) is 0.965. The fraction of sp³-hybridized carbons (Fsp3) is 0.833. The van der Waals surface area contributed by atoms with Crippen molar-refractivity contribution in [2.24, 2.45) is 5.10 Å². The number of thiol groups is 1. The maximum Gasteiger partial charge on any atom is 0.102 e. The molecule has 0 spiro atoms. The summed E-state index contributed by atoms with van der Waals surface area (Å²) in [6, 6.07) is 0. The smallest absolute Gasteiger partial charge is 0.102 e. The van der Waals surface area contributed by atoms with Crippen LogP contribution in [0.2, 0.25) is 0 Å². The first-order valence-corrected chi connectivity index (χ1v) is 3.47. The highest BCUT2D eigenvalue weighted by molar-refractivity contribution is 7.81. The number of rotatable bonds is 0. The summed E-state index contributed by atoms with van der Waals surface area (Å²) in [5, 5.41) is 6.11. The molecule has 0 N–H and O–H groups in total. The van der Waals surface area contributed by atoms with Crippen molar-refractivity contribution in [2.45, 2.75) is 25.1 Å². The predicted molar refractivity (Wildman–Crippen MR) is 42.9 cm³/mol. The molecule has 0 bridgehead atoms. The number of hydrogen-bond acceptors (Lipinski definition) is 3. The summed E-state index contributed by atoms with van der Waals surface area (Å²) >= 11 is 4.41. The lowest BCUT2D eigenvalue weighted by atomic mass is 10.2. The first kappa shape index (κ1) is 6.93. The first-order chi connectivity index (χ1) is 4.02. The summed E-state index contributed by atoms with van der Waals surface area (Å²) in [4.78, 5) is -0.0515. The Morgan fingerprint density at radius 1 is 1.78 bits per heavy atom. The minimum absolute atomic E-state index is 0.0515. The van der Waals surface area contributed by atoms with Gasteiger partial charge in [0.05, 0.1) is 0 Å². The van der Waals surface area contributed by atoms with Crippen LogP contribution in [0.4, 0.5) is 0 Å². The largest absolute Gasteiger partial charge is 0.284 e. The average Bonchev–Trinajstić information content (AvgIpc) is 1.79. The van der Waals surface area contributed by atoms with Crippen LogP contribution in [0, 0.1) is 0 Å². The van der Waals surface area contributed by atoms with Crippen molar-refractivity contribution in [3.63, 3.8) is 0 Å². The second kappa shape index (κ2) is 1.90. The number of hydrogen-bond donors (Lipinski definition) is 1. The third-order valence-corrected chi connectivity index (χ3v) is 2.06. The standard InChI is InChI=1S/C6H12N2S/c1-5-4-6(2,9)8(3)7-5/h9H,4H2,1-3H3. The van der Waals surface area contributed by atoms with Crippen molar-refractivity contribution in [3.05, 3.63) is 0 Å². The molecule has 0 fully saturated rings. The van der Waals surface area contributed by atoms with Crippen LogP contribution in [-0.2, 0) is 0 Å². The number of hydrazone groups is 1. The molecule has 0 aromatic heterocycles. The SMILES string of the molecule is CC1=NN(C)C(C)(S)C1. The van der Waals surface area contributed by atoms with Crippen molar-refractivity contribution < 1.29 is 0 Å². The third-order valence-electron chi connectivity index (χ3n) is 1.61. The molecule has 1 atom stereocenters. The molecule has 9 heavy (non-hydrogen) atoms. The minimum atomic E-state index is -0.0515. The fourth-order valence-corrected chi connectivity index (χ4v) is 1.27. The van der Waals surface area contributed by atoms with E-state index in [2.05, 4.69) is 24.7 Å². The van der Waals surface area contributed by atoms with Gasteiger partial charge in [-0.1, -0.05) is 0 Å². The molecule has 1 aliphatic heterocycles. The molecule has 0 amide bonds. The molecule has 3 heteroatoms. The molecule has 0 saturated heterocycles. The fourth-order valence-electron chi connectivity index (χ4n) is 0.998. The highest BCUT2D eigenvalue weighted by Gasteiger charge is 2.29. The molecule has 0 aromatic carbocycles. The summed E-state index contributed by atoms with van der Waals surface area (Å²) in [7, 11) is 1.95. The van der Waals surface area contributed by atoms with Crippen molar-refractivity contribution in [2.75, 3.05) is 7.05 Å². The first-order valence-electron chi connectivity index (χ1n) is 3.03. The van der Waals surface area contributed by atoms with Crippen LogP contribution in [0.1, 0.15) is 20.3 Å². The highest BCUT2D eigenvalue weighted by atomic mass is 32.1. The topological polar surface area (TPSA) is 15.6 Å². The van der Waals surface area contributed by atoms with E-state index in [1.54, 1.807) is 0 Å². The van der Waals surface area contributed by atoms with Crippen LogP contribution >= 0.6 is 12.6 Å². The Labute approximate surface area is 61.3 Å². The Hall–Kier alpha value is -0.180. The molecular formula is C6H12N2S. The van der Waals surface area contributed by atoms with E-state index in [0.717, 1.165) is 12.1 Å². The van der Waals surface area contributed by atoms with E-state index < -0.39 is 0 Å². The monoisotopic (exact) mass is 144 g/mol. The van der Waals surface area contributed by atoms with Gasteiger partial charge in [-0.25, -0.2) is 0 Å². The zero-order valence-electron chi connectivity index (χ0n) is 6.05. The minimum Gasteiger partial charge on any atom is -0.284 e. The van der Waals surface area contributed by atoms with Gasteiger partial charge in [-0.05, 0) is 13.8 Å². The zero-order valence-corrected chi connectivity index (χ0v) is 6.94. The van der Waals surface area contributed by atoms with Crippen molar-refractivity contribution in [1.82, 2.24) is 5.01 Å². The van der Waals surface area contributed by atoms with E-state index in [9.17, 15) is 0 Å². The van der Waals surface area contributed by atoms with Gasteiger partial charge in [-0.15, -0.1) is 12.6 Å². The van der Waals surface area contributed by atoms with Crippen molar-refractivity contribution >= 4 is 18.3 Å². The molecule has 2 nitrogen and oxygen atoms in total. The van der Waals surface area contributed by atoms with Gasteiger partial charge in [0, 0.05) is 19.2 Å². The van der Waals surface area contributed by atoms with Crippen LogP contribution in [0.25, 0.3) is 0 Å². The third kappa shape index (κ3) is 1.21. The van der Waals surface area contributed by atoms with Gasteiger partial charge in [0.25, 0.3) is 0 Å². The maximum atomic E-state index is 4.41. The van der Waals surface area contributed by atoms with E-state index in [1.807, 2.05) is 19.0 Å². The van der Waals surface area contributed by atoms with E-state index in [0.29, 0.717) is 0 Å². The molecular weight excluding hydrogens is 132 g/mol. The van der Waals surface area contributed by atoms with Gasteiger partial charge in [-0.3, -0.25) is 5.01 Å². The lowest BCUT2D eigenvalue weighted by molar-refractivity contribution is 0.272. The lowest BCUT2D eigenvalue weighted by Crippen LogP contribution is -2.30. The Morgan fingerprint density at radius 3 is 2.44 bits per heavy atom. The van der Waals surface area contributed by atoms with Crippen LogP contribution < -0.4 is 0 Å². The van der Waals surface area contributed by atoms with E-state index in [-0.39, 0.29) is 4.87 Å². The van der Waals surface area contributed by atoms with Gasteiger partial charge in [0.15, 0.2) is 0 Å².